The van der Waals surface area contributed by atoms with Gasteiger partial charge in [0.05, 0.1) is 5.52 Å². The summed E-state index contributed by atoms with van der Waals surface area (Å²) >= 11 is 0. The number of rotatable bonds is 1. The maximum absolute atomic E-state index is 4.42. The molecule has 1 aromatic carbocycles. The zero-order chi connectivity index (χ0) is 12.1. The van der Waals surface area contributed by atoms with E-state index in [9.17, 15) is 0 Å². The van der Waals surface area contributed by atoms with Crippen LogP contribution >= 0.6 is 0 Å². The molecule has 0 atom stereocenters. The lowest BCUT2D eigenvalue weighted by atomic mass is 10.1. The number of nitrogens with one attached hydrogen (secondary N) is 1. The highest BCUT2D eigenvalue weighted by Gasteiger charge is 2.15. The summed E-state index contributed by atoms with van der Waals surface area (Å²) in [6, 6.07) is 8.34. The van der Waals surface area contributed by atoms with Gasteiger partial charge in [0.25, 0.3) is 0 Å². The molecular formula is C14H21N3. The molecule has 0 aliphatic carbocycles. The summed E-state index contributed by atoms with van der Waals surface area (Å²) in [5.41, 5.74) is 1.14. The largest absolute Gasteiger partial charge is 0.355 e. The first-order valence-corrected chi connectivity index (χ1v) is 6.63. The minimum Gasteiger partial charge on any atom is -0.355 e. The summed E-state index contributed by atoms with van der Waals surface area (Å²) in [4.78, 5) is 2.39. The maximum atomic E-state index is 4.42. The fourth-order valence-corrected chi connectivity index (χ4v) is 2.30. The summed E-state index contributed by atoms with van der Waals surface area (Å²) in [5.74, 6) is 1.13. The number of piperidine rings is 1. The number of anilines is 1. The van der Waals surface area contributed by atoms with Crippen LogP contribution in [0.1, 0.15) is 33.1 Å². The van der Waals surface area contributed by atoms with E-state index in [4.69, 9.17) is 0 Å². The molecule has 2 aromatic rings. The van der Waals surface area contributed by atoms with Crippen molar-refractivity contribution in [1.29, 1.82) is 0 Å². The Kier molecular flexibility index (Phi) is 4.02. The second-order valence-corrected chi connectivity index (χ2v) is 4.14. The molecule has 92 valence electrons. The van der Waals surface area contributed by atoms with Crippen LogP contribution < -0.4 is 4.90 Å². The van der Waals surface area contributed by atoms with Gasteiger partial charge >= 0.3 is 0 Å². The third kappa shape index (κ3) is 2.43. The van der Waals surface area contributed by atoms with E-state index in [2.05, 4.69) is 33.3 Å². The van der Waals surface area contributed by atoms with E-state index >= 15 is 0 Å². The van der Waals surface area contributed by atoms with Gasteiger partial charge in [-0.25, -0.2) is 0 Å². The van der Waals surface area contributed by atoms with Crippen molar-refractivity contribution >= 4 is 16.7 Å². The van der Waals surface area contributed by atoms with E-state index in [0.717, 1.165) is 24.4 Å². The molecule has 17 heavy (non-hydrogen) atoms. The van der Waals surface area contributed by atoms with E-state index in [1.165, 1.54) is 24.6 Å². The Morgan fingerprint density at radius 3 is 2.53 bits per heavy atom. The molecule has 0 spiro atoms. The Morgan fingerprint density at radius 2 is 1.76 bits per heavy atom. The predicted octanol–water partition coefficient (Wildman–Crippen LogP) is 3.58. The number of fused-ring (bicyclic) bond motifs is 1. The Hall–Kier alpha value is -1.51. The molecular weight excluding hydrogens is 210 g/mol. The lowest BCUT2D eigenvalue weighted by Crippen LogP contribution is -2.29. The number of nitrogens with zero attached hydrogens (tertiary/aromatic N) is 2. The highest BCUT2D eigenvalue weighted by Crippen LogP contribution is 2.25. The number of aromatic amines is 1. The standard InChI is InChI=1S/C12H15N3.C2H6/c1-4-8-15(9-5-1)12-10-6-2-3-7-11(10)13-14-12;1-2/h2-3,6-7H,1,4-5,8-9H2,(H,13,14);1-2H3. The molecule has 0 saturated carbocycles. The predicted molar refractivity (Wildman–Crippen MR) is 73.5 cm³/mol. The number of H-pyrrole nitrogens is 1. The molecule has 0 unspecified atom stereocenters. The van der Waals surface area contributed by atoms with Crippen LogP contribution in [0.5, 0.6) is 0 Å². The van der Waals surface area contributed by atoms with Crippen molar-refractivity contribution in [3.05, 3.63) is 24.3 Å². The van der Waals surface area contributed by atoms with Gasteiger partial charge in [-0.2, -0.15) is 5.10 Å². The fourth-order valence-electron chi connectivity index (χ4n) is 2.30. The lowest BCUT2D eigenvalue weighted by Gasteiger charge is -2.26. The zero-order valence-corrected chi connectivity index (χ0v) is 10.7. The minimum absolute atomic E-state index is 1.13. The van der Waals surface area contributed by atoms with Gasteiger partial charge in [-0.3, -0.25) is 5.10 Å². The number of benzene rings is 1. The average molecular weight is 231 g/mol. The van der Waals surface area contributed by atoms with Gasteiger partial charge in [-0.05, 0) is 31.4 Å². The Labute approximate surface area is 103 Å². The van der Waals surface area contributed by atoms with Crippen molar-refractivity contribution in [3.8, 4) is 0 Å². The molecule has 0 radical (unpaired) electrons. The monoisotopic (exact) mass is 231 g/mol. The molecule has 2 heterocycles. The summed E-state index contributed by atoms with van der Waals surface area (Å²) in [6.45, 7) is 6.30. The normalized spacial score (nSPS) is 15.5. The summed E-state index contributed by atoms with van der Waals surface area (Å²) in [7, 11) is 0. The first-order valence-electron chi connectivity index (χ1n) is 6.63. The SMILES string of the molecule is CC.c1ccc2c(N3CCCCC3)n[nH]c2c1. The summed E-state index contributed by atoms with van der Waals surface area (Å²) < 4.78 is 0. The van der Waals surface area contributed by atoms with Gasteiger partial charge in [-0.15, -0.1) is 0 Å². The van der Waals surface area contributed by atoms with Gasteiger partial charge in [-0.1, -0.05) is 26.0 Å². The van der Waals surface area contributed by atoms with E-state index in [1.54, 1.807) is 0 Å². The third-order valence-electron chi connectivity index (χ3n) is 3.11. The first-order chi connectivity index (χ1) is 8.45. The number of hydrogen-bond acceptors (Lipinski definition) is 2. The molecule has 3 heteroatoms. The van der Waals surface area contributed by atoms with Gasteiger partial charge in [0.1, 0.15) is 0 Å². The maximum Gasteiger partial charge on any atom is 0.158 e. The van der Waals surface area contributed by atoms with Crippen LogP contribution in [0, 0.1) is 0 Å². The van der Waals surface area contributed by atoms with Gasteiger partial charge in [0, 0.05) is 18.5 Å². The highest BCUT2D eigenvalue weighted by molar-refractivity contribution is 5.90. The van der Waals surface area contributed by atoms with Gasteiger partial charge < -0.3 is 4.90 Å². The van der Waals surface area contributed by atoms with Crippen molar-refractivity contribution in [2.45, 2.75) is 33.1 Å². The fraction of sp³-hybridized carbons (Fsp3) is 0.500. The van der Waals surface area contributed by atoms with Crippen LogP contribution in [0.3, 0.4) is 0 Å². The molecule has 1 fully saturated rings. The Bertz CT molecular complexity index is 455. The van der Waals surface area contributed by atoms with E-state index in [-0.39, 0.29) is 0 Å². The van der Waals surface area contributed by atoms with Crippen LogP contribution in [0.2, 0.25) is 0 Å². The average Bonchev–Trinajstić information content (AvgIpc) is 2.86. The molecule has 3 nitrogen and oxygen atoms in total. The summed E-state index contributed by atoms with van der Waals surface area (Å²) in [6.07, 6.45) is 3.95. The first kappa shape index (κ1) is 12.0. The second kappa shape index (κ2) is 5.71. The van der Waals surface area contributed by atoms with Crippen LogP contribution in [-0.4, -0.2) is 23.3 Å². The van der Waals surface area contributed by atoms with Crippen LogP contribution in [0.25, 0.3) is 10.9 Å². The molecule has 1 N–H and O–H groups in total. The molecule has 1 saturated heterocycles. The van der Waals surface area contributed by atoms with Crippen molar-refractivity contribution in [2.24, 2.45) is 0 Å². The molecule has 0 bridgehead atoms. The van der Waals surface area contributed by atoms with Crippen LogP contribution in [-0.2, 0) is 0 Å². The van der Waals surface area contributed by atoms with Gasteiger partial charge in [0.2, 0.25) is 0 Å². The van der Waals surface area contributed by atoms with Gasteiger partial charge in [0.15, 0.2) is 5.82 Å². The molecule has 1 aromatic heterocycles. The summed E-state index contributed by atoms with van der Waals surface area (Å²) in [5, 5.41) is 8.76. The number of hydrogen-bond donors (Lipinski definition) is 1. The minimum atomic E-state index is 1.13. The van der Waals surface area contributed by atoms with Crippen molar-refractivity contribution in [1.82, 2.24) is 10.2 Å². The zero-order valence-electron chi connectivity index (χ0n) is 10.7. The van der Waals surface area contributed by atoms with Crippen molar-refractivity contribution in [3.63, 3.8) is 0 Å². The topological polar surface area (TPSA) is 31.9 Å². The van der Waals surface area contributed by atoms with Crippen LogP contribution in [0.4, 0.5) is 5.82 Å². The van der Waals surface area contributed by atoms with Crippen LogP contribution in [0.15, 0.2) is 24.3 Å². The Morgan fingerprint density at radius 1 is 1.06 bits per heavy atom. The van der Waals surface area contributed by atoms with Crippen molar-refractivity contribution in [2.75, 3.05) is 18.0 Å². The smallest absolute Gasteiger partial charge is 0.158 e. The lowest BCUT2D eigenvalue weighted by molar-refractivity contribution is 0.574. The van der Waals surface area contributed by atoms with Crippen molar-refractivity contribution < 1.29 is 0 Å². The quantitative estimate of drug-likeness (QED) is 0.813. The van der Waals surface area contributed by atoms with E-state index in [0.29, 0.717) is 0 Å². The molecule has 3 rings (SSSR count). The second-order valence-electron chi connectivity index (χ2n) is 4.14. The van der Waals surface area contributed by atoms with E-state index in [1.807, 2.05) is 19.9 Å². The highest BCUT2D eigenvalue weighted by atomic mass is 15.3. The molecule has 0 amide bonds. The van der Waals surface area contributed by atoms with E-state index < -0.39 is 0 Å². The molecule has 1 aliphatic rings. The number of aromatic nitrogens is 2. The molecule has 1 aliphatic heterocycles. The third-order valence-corrected chi connectivity index (χ3v) is 3.11. The Balaban J connectivity index is 0.000000514. The number of para-hydroxylation sites is 1.